The number of anilines is 1. The zero-order valence-corrected chi connectivity index (χ0v) is 13.6. The van der Waals surface area contributed by atoms with Crippen molar-refractivity contribution < 1.29 is 18.0 Å². The van der Waals surface area contributed by atoms with Crippen LogP contribution >= 0.6 is 0 Å². The van der Waals surface area contributed by atoms with Crippen LogP contribution in [0.2, 0.25) is 0 Å². The van der Waals surface area contributed by atoms with E-state index in [4.69, 9.17) is 0 Å². The van der Waals surface area contributed by atoms with Gasteiger partial charge in [0.25, 0.3) is 0 Å². The van der Waals surface area contributed by atoms with Gasteiger partial charge >= 0.3 is 6.18 Å². The minimum atomic E-state index is -4.61. The molecule has 3 aromatic rings. The SMILES string of the molecule is C[C@H]1C[C@@H]1C(=O)Nc1cc2[nH]c(-c3ccnc(C(F)(F)F)n3)cc2cn1. The highest BCUT2D eigenvalue weighted by Crippen LogP contribution is 2.38. The number of carbonyl (C=O) groups excluding carboxylic acids is 1. The third kappa shape index (κ3) is 3.12. The summed E-state index contributed by atoms with van der Waals surface area (Å²) >= 11 is 0. The minimum absolute atomic E-state index is 0.0218. The van der Waals surface area contributed by atoms with Gasteiger partial charge in [0.05, 0.1) is 16.9 Å². The number of halogens is 3. The van der Waals surface area contributed by atoms with Gasteiger partial charge < -0.3 is 10.3 Å². The minimum Gasteiger partial charge on any atom is -0.353 e. The highest BCUT2D eigenvalue weighted by atomic mass is 19.4. The topological polar surface area (TPSA) is 83.6 Å². The van der Waals surface area contributed by atoms with E-state index < -0.39 is 12.0 Å². The number of hydrogen-bond acceptors (Lipinski definition) is 4. The highest BCUT2D eigenvalue weighted by molar-refractivity contribution is 5.95. The Morgan fingerprint density at radius 2 is 2.08 bits per heavy atom. The Balaban J connectivity index is 1.63. The molecular weight excluding hydrogens is 347 g/mol. The Kier molecular flexibility index (Phi) is 3.67. The number of fused-ring (bicyclic) bond motifs is 1. The first-order chi connectivity index (χ1) is 12.3. The van der Waals surface area contributed by atoms with E-state index in [0.717, 1.165) is 12.6 Å². The fraction of sp³-hybridized carbons (Fsp3) is 0.294. The lowest BCUT2D eigenvalue weighted by Crippen LogP contribution is -2.15. The molecule has 9 heteroatoms. The Hall–Kier alpha value is -2.97. The summed E-state index contributed by atoms with van der Waals surface area (Å²) in [5, 5.41) is 3.46. The Morgan fingerprint density at radius 1 is 1.31 bits per heavy atom. The van der Waals surface area contributed by atoms with Crippen molar-refractivity contribution in [2.45, 2.75) is 19.5 Å². The summed E-state index contributed by atoms with van der Waals surface area (Å²) in [6.07, 6.45) is -1.12. The molecule has 0 radical (unpaired) electrons. The van der Waals surface area contributed by atoms with E-state index in [9.17, 15) is 18.0 Å². The van der Waals surface area contributed by atoms with E-state index in [-0.39, 0.29) is 17.5 Å². The number of hydrogen-bond donors (Lipinski definition) is 2. The molecule has 0 bridgehead atoms. The first-order valence-electron chi connectivity index (χ1n) is 8.01. The van der Waals surface area contributed by atoms with Crippen LogP contribution in [0.15, 0.2) is 30.6 Å². The molecule has 26 heavy (non-hydrogen) atoms. The van der Waals surface area contributed by atoms with Crippen molar-refractivity contribution >= 4 is 22.6 Å². The first-order valence-corrected chi connectivity index (χ1v) is 8.01. The molecule has 2 N–H and O–H groups in total. The Bertz CT molecular complexity index is 997. The van der Waals surface area contributed by atoms with Gasteiger partial charge in [0.2, 0.25) is 11.7 Å². The molecule has 3 heterocycles. The molecule has 1 fully saturated rings. The van der Waals surface area contributed by atoms with Gasteiger partial charge in [-0.05, 0) is 24.5 Å². The predicted octanol–water partition coefficient (Wildman–Crippen LogP) is 3.63. The molecule has 0 unspecified atom stereocenters. The zero-order valence-electron chi connectivity index (χ0n) is 13.6. The van der Waals surface area contributed by atoms with Crippen LogP contribution in [0.1, 0.15) is 19.2 Å². The number of nitrogens with one attached hydrogen (secondary N) is 2. The summed E-state index contributed by atoms with van der Waals surface area (Å²) in [5.74, 6) is -0.460. The second-order valence-corrected chi connectivity index (χ2v) is 6.41. The van der Waals surface area contributed by atoms with Crippen molar-refractivity contribution in [3.63, 3.8) is 0 Å². The van der Waals surface area contributed by atoms with Gasteiger partial charge in [-0.1, -0.05) is 6.92 Å². The lowest BCUT2D eigenvalue weighted by Gasteiger charge is -2.05. The smallest absolute Gasteiger partial charge is 0.353 e. The van der Waals surface area contributed by atoms with Crippen molar-refractivity contribution in [2.24, 2.45) is 11.8 Å². The summed E-state index contributed by atoms with van der Waals surface area (Å²) in [6, 6.07) is 4.69. The van der Waals surface area contributed by atoms with Crippen LogP contribution in [0, 0.1) is 11.8 Å². The maximum atomic E-state index is 12.8. The van der Waals surface area contributed by atoms with Crippen LogP contribution < -0.4 is 5.32 Å². The summed E-state index contributed by atoms with van der Waals surface area (Å²) < 4.78 is 38.3. The maximum Gasteiger partial charge on any atom is 0.451 e. The van der Waals surface area contributed by atoms with E-state index in [1.54, 1.807) is 18.3 Å². The normalized spacial score (nSPS) is 19.5. The van der Waals surface area contributed by atoms with Crippen molar-refractivity contribution in [3.8, 4) is 11.4 Å². The molecule has 2 atom stereocenters. The van der Waals surface area contributed by atoms with Gasteiger partial charge in [-0.2, -0.15) is 13.2 Å². The maximum absolute atomic E-state index is 12.8. The van der Waals surface area contributed by atoms with Crippen LogP contribution in [-0.2, 0) is 11.0 Å². The third-order valence-corrected chi connectivity index (χ3v) is 4.39. The molecule has 1 amide bonds. The van der Waals surface area contributed by atoms with Crippen LogP contribution in [-0.4, -0.2) is 25.8 Å². The van der Waals surface area contributed by atoms with Crippen molar-refractivity contribution in [1.29, 1.82) is 0 Å². The van der Waals surface area contributed by atoms with E-state index in [2.05, 4.69) is 25.3 Å². The van der Waals surface area contributed by atoms with Gasteiger partial charge in [0, 0.05) is 29.8 Å². The van der Waals surface area contributed by atoms with Crippen molar-refractivity contribution in [2.75, 3.05) is 5.32 Å². The summed E-state index contributed by atoms with van der Waals surface area (Å²) in [7, 11) is 0. The third-order valence-electron chi connectivity index (χ3n) is 4.39. The van der Waals surface area contributed by atoms with Crippen LogP contribution in [0.3, 0.4) is 0 Å². The van der Waals surface area contributed by atoms with E-state index >= 15 is 0 Å². The number of pyridine rings is 1. The lowest BCUT2D eigenvalue weighted by atomic mass is 10.2. The number of rotatable bonds is 3. The number of alkyl halides is 3. The summed E-state index contributed by atoms with van der Waals surface area (Å²) in [6.45, 7) is 2.01. The monoisotopic (exact) mass is 361 g/mol. The Morgan fingerprint density at radius 3 is 2.77 bits per heavy atom. The molecule has 0 saturated heterocycles. The molecule has 0 spiro atoms. The molecule has 3 aromatic heterocycles. The predicted molar refractivity (Wildman–Crippen MR) is 88.0 cm³/mol. The molecule has 1 aliphatic rings. The first kappa shape index (κ1) is 16.5. The summed E-state index contributed by atoms with van der Waals surface area (Å²) in [4.78, 5) is 26.0. The molecule has 6 nitrogen and oxygen atoms in total. The number of aromatic nitrogens is 4. The van der Waals surface area contributed by atoms with Crippen LogP contribution in [0.25, 0.3) is 22.3 Å². The number of nitrogens with zero attached hydrogens (tertiary/aromatic N) is 3. The fourth-order valence-electron chi connectivity index (χ4n) is 2.78. The van der Waals surface area contributed by atoms with Crippen molar-refractivity contribution in [3.05, 3.63) is 36.4 Å². The van der Waals surface area contributed by atoms with Crippen LogP contribution in [0.5, 0.6) is 0 Å². The van der Waals surface area contributed by atoms with Gasteiger partial charge in [0.1, 0.15) is 5.82 Å². The van der Waals surface area contributed by atoms with E-state index in [1.807, 2.05) is 6.92 Å². The average molecular weight is 361 g/mol. The van der Waals surface area contributed by atoms with Gasteiger partial charge in [-0.3, -0.25) is 4.79 Å². The van der Waals surface area contributed by atoms with E-state index in [0.29, 0.717) is 28.3 Å². The summed E-state index contributed by atoms with van der Waals surface area (Å²) in [5.41, 5.74) is 1.18. The zero-order chi connectivity index (χ0) is 18.5. The van der Waals surface area contributed by atoms with Gasteiger partial charge in [-0.15, -0.1) is 0 Å². The van der Waals surface area contributed by atoms with Gasteiger partial charge in [-0.25, -0.2) is 15.0 Å². The number of carbonyl (C=O) groups is 1. The molecule has 0 aromatic carbocycles. The fourth-order valence-corrected chi connectivity index (χ4v) is 2.78. The van der Waals surface area contributed by atoms with Crippen molar-refractivity contribution in [1.82, 2.24) is 19.9 Å². The number of aromatic amines is 1. The second-order valence-electron chi connectivity index (χ2n) is 6.41. The van der Waals surface area contributed by atoms with Crippen LogP contribution in [0.4, 0.5) is 19.0 Å². The van der Waals surface area contributed by atoms with Gasteiger partial charge in [0.15, 0.2) is 0 Å². The highest BCUT2D eigenvalue weighted by Gasteiger charge is 2.39. The lowest BCUT2D eigenvalue weighted by molar-refractivity contribution is -0.144. The second kappa shape index (κ2) is 5.79. The Labute approximate surface area is 145 Å². The molecule has 0 aliphatic heterocycles. The number of amides is 1. The molecule has 1 saturated carbocycles. The molecule has 4 rings (SSSR count). The molecular formula is C17H14F3N5O. The standard InChI is InChI=1S/C17H14F3N5O/c1-8-4-10(8)15(26)25-14-6-12-9(7-22-14)5-13(23-12)11-2-3-21-16(24-11)17(18,19)20/h2-3,5-8,10,23H,4H2,1H3,(H,22,25,26)/t8-,10-/m0/s1. The average Bonchev–Trinajstić information content (AvgIpc) is 3.17. The molecule has 134 valence electrons. The largest absolute Gasteiger partial charge is 0.451 e. The quantitative estimate of drug-likeness (QED) is 0.746. The van der Waals surface area contributed by atoms with E-state index in [1.165, 1.54) is 6.07 Å². The molecule has 1 aliphatic carbocycles. The number of H-pyrrole nitrogens is 1.